The number of nitrogens with one attached hydrogen (secondary N) is 2. The molecular formula is C7H10ClN5O. The molecule has 0 aromatic carbocycles. The molecule has 1 aromatic rings. The molecular weight excluding hydrogens is 206 g/mol. The molecule has 0 saturated heterocycles. The van der Waals surface area contributed by atoms with Gasteiger partial charge in [0.1, 0.15) is 11.0 Å². The number of carbonyl (C=O) groups is 1. The summed E-state index contributed by atoms with van der Waals surface area (Å²) < 4.78 is 0. The van der Waals surface area contributed by atoms with Crippen molar-refractivity contribution in [1.29, 1.82) is 0 Å². The summed E-state index contributed by atoms with van der Waals surface area (Å²) in [5.74, 6) is 0.598. The van der Waals surface area contributed by atoms with Crippen molar-refractivity contribution in [3.63, 3.8) is 0 Å². The van der Waals surface area contributed by atoms with Gasteiger partial charge in [-0.3, -0.25) is 0 Å². The number of urea groups is 1. The Morgan fingerprint density at radius 1 is 1.43 bits per heavy atom. The molecule has 1 aromatic heterocycles. The third-order valence-corrected chi connectivity index (χ3v) is 1.55. The highest BCUT2D eigenvalue weighted by Crippen LogP contribution is 2.03. The first kappa shape index (κ1) is 10.5. The molecule has 4 N–H and O–H groups in total. The maximum Gasteiger partial charge on any atom is 0.312 e. The lowest BCUT2D eigenvalue weighted by Crippen LogP contribution is -2.33. The van der Waals surface area contributed by atoms with Crippen molar-refractivity contribution >= 4 is 23.4 Å². The SMILES string of the molecule is NC(=O)NCCNc1cnc(Cl)cn1. The van der Waals surface area contributed by atoms with Gasteiger partial charge in [0.15, 0.2) is 0 Å². The van der Waals surface area contributed by atoms with Crippen LogP contribution in [0.2, 0.25) is 5.15 Å². The van der Waals surface area contributed by atoms with E-state index in [0.29, 0.717) is 24.1 Å². The molecule has 0 aliphatic heterocycles. The predicted octanol–water partition coefficient (Wildman–Crippen LogP) is 0.210. The molecule has 7 heteroatoms. The van der Waals surface area contributed by atoms with Gasteiger partial charge in [0, 0.05) is 13.1 Å². The molecule has 0 aliphatic rings. The number of aromatic nitrogens is 2. The summed E-state index contributed by atoms with van der Waals surface area (Å²) in [6, 6.07) is -0.547. The van der Waals surface area contributed by atoms with Crippen molar-refractivity contribution in [2.75, 3.05) is 18.4 Å². The molecule has 2 amide bonds. The Kier molecular flexibility index (Phi) is 3.93. The molecule has 0 spiro atoms. The first-order chi connectivity index (χ1) is 6.68. The molecule has 0 atom stereocenters. The van der Waals surface area contributed by atoms with E-state index < -0.39 is 6.03 Å². The first-order valence-corrected chi connectivity index (χ1v) is 4.31. The highest BCUT2D eigenvalue weighted by Gasteiger charge is 1.94. The zero-order chi connectivity index (χ0) is 10.4. The highest BCUT2D eigenvalue weighted by molar-refractivity contribution is 6.29. The van der Waals surface area contributed by atoms with E-state index in [4.69, 9.17) is 17.3 Å². The van der Waals surface area contributed by atoms with E-state index in [9.17, 15) is 4.79 Å². The smallest absolute Gasteiger partial charge is 0.312 e. The van der Waals surface area contributed by atoms with Crippen LogP contribution in [0.5, 0.6) is 0 Å². The number of primary amides is 1. The minimum absolute atomic E-state index is 0.339. The molecule has 1 heterocycles. The quantitative estimate of drug-likeness (QED) is 0.626. The highest BCUT2D eigenvalue weighted by atomic mass is 35.5. The standard InChI is InChI=1S/C7H10ClN5O/c8-5-3-13-6(4-12-5)10-1-2-11-7(9)14/h3-4H,1-2H2,(H,10,13)(H3,9,11,14). The Morgan fingerprint density at radius 3 is 2.79 bits per heavy atom. The Hall–Kier alpha value is -1.56. The number of amides is 2. The van der Waals surface area contributed by atoms with E-state index in [1.807, 2.05) is 0 Å². The summed E-state index contributed by atoms with van der Waals surface area (Å²) in [4.78, 5) is 18.1. The summed E-state index contributed by atoms with van der Waals surface area (Å²) in [5, 5.41) is 5.69. The van der Waals surface area contributed by atoms with Crippen LogP contribution in [0.25, 0.3) is 0 Å². The third-order valence-electron chi connectivity index (χ3n) is 1.35. The predicted molar refractivity (Wildman–Crippen MR) is 53.1 cm³/mol. The molecule has 0 bridgehead atoms. The van der Waals surface area contributed by atoms with Crippen LogP contribution in [0.15, 0.2) is 12.4 Å². The van der Waals surface area contributed by atoms with Crippen LogP contribution >= 0.6 is 11.6 Å². The largest absolute Gasteiger partial charge is 0.367 e. The molecule has 0 saturated carbocycles. The van der Waals surface area contributed by atoms with Gasteiger partial charge in [-0.1, -0.05) is 11.6 Å². The molecule has 76 valence electrons. The molecule has 14 heavy (non-hydrogen) atoms. The number of nitrogens with zero attached hydrogens (tertiary/aromatic N) is 2. The van der Waals surface area contributed by atoms with Gasteiger partial charge in [-0.15, -0.1) is 0 Å². The summed E-state index contributed by atoms with van der Waals surface area (Å²) in [6.07, 6.45) is 2.94. The van der Waals surface area contributed by atoms with E-state index in [-0.39, 0.29) is 0 Å². The zero-order valence-electron chi connectivity index (χ0n) is 7.33. The average molecular weight is 216 g/mol. The van der Waals surface area contributed by atoms with E-state index >= 15 is 0 Å². The van der Waals surface area contributed by atoms with Gasteiger partial charge in [0.2, 0.25) is 0 Å². The number of halogens is 1. The number of carbonyl (C=O) groups excluding carboxylic acids is 1. The van der Waals surface area contributed by atoms with E-state index in [0.717, 1.165) is 0 Å². The van der Waals surface area contributed by atoms with E-state index in [1.54, 1.807) is 0 Å². The summed E-state index contributed by atoms with van der Waals surface area (Å²) >= 11 is 5.54. The molecule has 6 nitrogen and oxygen atoms in total. The molecule has 0 unspecified atom stereocenters. The number of rotatable bonds is 4. The number of nitrogens with two attached hydrogens (primary N) is 1. The molecule has 0 aliphatic carbocycles. The van der Waals surface area contributed by atoms with Gasteiger partial charge < -0.3 is 16.4 Å². The van der Waals surface area contributed by atoms with Crippen LogP contribution < -0.4 is 16.4 Å². The van der Waals surface area contributed by atoms with Gasteiger partial charge >= 0.3 is 6.03 Å². The van der Waals surface area contributed by atoms with Crippen molar-refractivity contribution in [2.24, 2.45) is 5.73 Å². The van der Waals surface area contributed by atoms with Crippen LogP contribution in [0, 0.1) is 0 Å². The fourth-order valence-corrected chi connectivity index (χ4v) is 0.877. The monoisotopic (exact) mass is 215 g/mol. The Morgan fingerprint density at radius 2 is 2.21 bits per heavy atom. The fraction of sp³-hybridized carbons (Fsp3) is 0.286. The van der Waals surface area contributed by atoms with Gasteiger partial charge in [0.05, 0.1) is 12.4 Å². The van der Waals surface area contributed by atoms with Gasteiger partial charge in [-0.2, -0.15) is 0 Å². The maximum absolute atomic E-state index is 10.3. The lowest BCUT2D eigenvalue weighted by atomic mass is 10.5. The van der Waals surface area contributed by atoms with Gasteiger partial charge in [-0.05, 0) is 0 Å². The minimum Gasteiger partial charge on any atom is -0.367 e. The summed E-state index contributed by atoms with van der Waals surface area (Å²) in [6.45, 7) is 0.957. The van der Waals surface area contributed by atoms with Gasteiger partial charge in [0.25, 0.3) is 0 Å². The lowest BCUT2D eigenvalue weighted by Gasteiger charge is -2.04. The van der Waals surface area contributed by atoms with E-state index in [1.165, 1.54) is 12.4 Å². The second-order valence-corrected chi connectivity index (χ2v) is 2.83. The van der Waals surface area contributed by atoms with Crippen LogP contribution in [0.3, 0.4) is 0 Å². The van der Waals surface area contributed by atoms with Crippen LogP contribution in [-0.2, 0) is 0 Å². The van der Waals surface area contributed by atoms with Gasteiger partial charge in [-0.25, -0.2) is 14.8 Å². The second-order valence-electron chi connectivity index (χ2n) is 2.44. The third kappa shape index (κ3) is 3.90. The van der Waals surface area contributed by atoms with Crippen molar-refractivity contribution < 1.29 is 4.79 Å². The number of anilines is 1. The minimum atomic E-state index is -0.547. The van der Waals surface area contributed by atoms with Crippen LogP contribution in [-0.4, -0.2) is 29.1 Å². The van der Waals surface area contributed by atoms with Crippen LogP contribution in [0.1, 0.15) is 0 Å². The van der Waals surface area contributed by atoms with Crippen molar-refractivity contribution in [1.82, 2.24) is 15.3 Å². The number of hydrogen-bond acceptors (Lipinski definition) is 4. The molecule has 0 fully saturated rings. The Labute approximate surface area is 85.9 Å². The lowest BCUT2D eigenvalue weighted by molar-refractivity contribution is 0.249. The van der Waals surface area contributed by atoms with Crippen molar-refractivity contribution in [2.45, 2.75) is 0 Å². The molecule has 0 radical (unpaired) electrons. The van der Waals surface area contributed by atoms with E-state index in [2.05, 4.69) is 20.6 Å². The van der Waals surface area contributed by atoms with Crippen LogP contribution in [0.4, 0.5) is 10.6 Å². The Balaban J connectivity index is 2.25. The normalized spacial score (nSPS) is 9.50. The van der Waals surface area contributed by atoms with Crippen molar-refractivity contribution in [3.05, 3.63) is 17.5 Å². The fourth-order valence-electron chi connectivity index (χ4n) is 0.780. The number of hydrogen-bond donors (Lipinski definition) is 3. The Bertz CT molecular complexity index is 301. The maximum atomic E-state index is 10.3. The summed E-state index contributed by atoms with van der Waals surface area (Å²) in [7, 11) is 0. The van der Waals surface area contributed by atoms with Crippen molar-refractivity contribution in [3.8, 4) is 0 Å². The topological polar surface area (TPSA) is 92.9 Å². The first-order valence-electron chi connectivity index (χ1n) is 3.93. The zero-order valence-corrected chi connectivity index (χ0v) is 8.08. The average Bonchev–Trinajstić information content (AvgIpc) is 2.15. The summed E-state index contributed by atoms with van der Waals surface area (Å²) in [5.41, 5.74) is 4.87. The molecule has 1 rings (SSSR count). The second kappa shape index (κ2) is 5.23.